The predicted molar refractivity (Wildman–Crippen MR) is 90.8 cm³/mol. The quantitative estimate of drug-likeness (QED) is 0.403. The van der Waals surface area contributed by atoms with Crippen molar-refractivity contribution in [1.82, 2.24) is 0 Å². The Kier molecular flexibility index (Phi) is 2.35. The Labute approximate surface area is 133 Å². The average Bonchev–Trinajstić information content (AvgIpc) is 2.61. The van der Waals surface area contributed by atoms with Crippen LogP contribution in [0.5, 0.6) is 0 Å². The molecule has 23 heavy (non-hydrogen) atoms. The number of fused-ring (bicyclic) bond motifs is 4. The predicted octanol–water partition coefficient (Wildman–Crippen LogP) is 1.29. The fourth-order valence-electron chi connectivity index (χ4n) is 3.95. The van der Waals surface area contributed by atoms with Gasteiger partial charge < -0.3 is 0 Å². The Hall–Kier alpha value is -2.94. The standard InChI is InChI=1S/C20H11BO2/c22-19-12-6-1-3-10-16(12)21-17-11-4-2-7-13(17)20(23)15-9-5-8-14(19)18(15)21/h1-11H. The highest BCUT2D eigenvalue weighted by molar-refractivity contribution is 7.00. The van der Waals surface area contributed by atoms with Crippen molar-refractivity contribution in [3.8, 4) is 0 Å². The van der Waals surface area contributed by atoms with Crippen LogP contribution in [0, 0.1) is 0 Å². The lowest BCUT2D eigenvalue weighted by atomic mass is 9.30. The van der Waals surface area contributed by atoms with E-state index in [2.05, 4.69) is 0 Å². The zero-order valence-corrected chi connectivity index (χ0v) is 12.2. The van der Waals surface area contributed by atoms with Crippen LogP contribution in [0.2, 0.25) is 0 Å². The van der Waals surface area contributed by atoms with Gasteiger partial charge in [-0.15, -0.1) is 0 Å². The van der Waals surface area contributed by atoms with E-state index in [0.29, 0.717) is 11.1 Å². The summed E-state index contributed by atoms with van der Waals surface area (Å²) < 4.78 is 0. The van der Waals surface area contributed by atoms with Crippen molar-refractivity contribution in [3.05, 3.63) is 89.0 Å². The van der Waals surface area contributed by atoms with Gasteiger partial charge in [-0.3, -0.25) is 9.59 Å². The number of hydrogen-bond donors (Lipinski definition) is 0. The molecular weight excluding hydrogens is 283 g/mol. The van der Waals surface area contributed by atoms with E-state index in [0.717, 1.165) is 27.5 Å². The maximum Gasteiger partial charge on any atom is 0.245 e. The van der Waals surface area contributed by atoms with E-state index in [9.17, 15) is 9.59 Å². The molecule has 2 aliphatic rings. The van der Waals surface area contributed by atoms with E-state index in [1.165, 1.54) is 0 Å². The summed E-state index contributed by atoms with van der Waals surface area (Å²) in [5.74, 6) is 0.0294. The Morgan fingerprint density at radius 1 is 0.522 bits per heavy atom. The van der Waals surface area contributed by atoms with Crippen LogP contribution in [0.25, 0.3) is 0 Å². The molecule has 5 rings (SSSR count). The van der Waals surface area contributed by atoms with Gasteiger partial charge in [-0.25, -0.2) is 0 Å². The summed E-state index contributed by atoms with van der Waals surface area (Å²) in [7, 11) is 0. The first-order chi connectivity index (χ1) is 11.3. The molecule has 0 aromatic heterocycles. The Balaban J connectivity index is 1.96. The lowest BCUT2D eigenvalue weighted by Crippen LogP contribution is -2.63. The molecule has 0 saturated carbocycles. The van der Waals surface area contributed by atoms with Crippen LogP contribution in [0.1, 0.15) is 31.8 Å². The molecule has 106 valence electrons. The molecule has 3 heteroatoms. The van der Waals surface area contributed by atoms with Crippen LogP contribution in [0.3, 0.4) is 0 Å². The van der Waals surface area contributed by atoms with Crippen LogP contribution in [-0.4, -0.2) is 18.3 Å². The molecule has 0 amide bonds. The van der Waals surface area contributed by atoms with Gasteiger partial charge in [0.2, 0.25) is 6.71 Å². The van der Waals surface area contributed by atoms with Crippen molar-refractivity contribution in [1.29, 1.82) is 0 Å². The molecule has 0 radical (unpaired) electrons. The minimum atomic E-state index is -0.0380. The first kappa shape index (κ1) is 12.6. The molecule has 0 N–H and O–H groups in total. The van der Waals surface area contributed by atoms with Crippen molar-refractivity contribution < 1.29 is 9.59 Å². The summed E-state index contributed by atoms with van der Waals surface area (Å²) >= 11 is 0. The summed E-state index contributed by atoms with van der Waals surface area (Å²) in [4.78, 5) is 25.7. The second-order valence-electron chi connectivity index (χ2n) is 6.03. The zero-order chi connectivity index (χ0) is 15.6. The van der Waals surface area contributed by atoms with Gasteiger partial charge in [-0.2, -0.15) is 0 Å². The van der Waals surface area contributed by atoms with Gasteiger partial charge in [-0.1, -0.05) is 77.7 Å². The molecule has 3 aromatic carbocycles. The summed E-state index contributed by atoms with van der Waals surface area (Å²) in [5.41, 5.74) is 5.68. The number of carbonyl (C=O) groups is 2. The van der Waals surface area contributed by atoms with E-state index in [-0.39, 0.29) is 18.3 Å². The van der Waals surface area contributed by atoms with Crippen LogP contribution in [-0.2, 0) is 0 Å². The van der Waals surface area contributed by atoms with E-state index in [4.69, 9.17) is 0 Å². The maximum absolute atomic E-state index is 12.9. The summed E-state index contributed by atoms with van der Waals surface area (Å²) in [5, 5.41) is 0. The minimum absolute atomic E-state index is 0.0147. The first-order valence-electron chi connectivity index (χ1n) is 7.67. The first-order valence-corrected chi connectivity index (χ1v) is 7.67. The highest BCUT2D eigenvalue weighted by atomic mass is 16.1. The van der Waals surface area contributed by atoms with Gasteiger partial charge in [0.05, 0.1) is 0 Å². The molecule has 0 atom stereocenters. The maximum atomic E-state index is 12.9. The highest BCUT2D eigenvalue weighted by Crippen LogP contribution is 2.22. The topological polar surface area (TPSA) is 34.1 Å². The monoisotopic (exact) mass is 294 g/mol. The summed E-state index contributed by atoms with van der Waals surface area (Å²) in [6.45, 7) is -0.0380. The van der Waals surface area contributed by atoms with Gasteiger partial charge in [0, 0.05) is 22.3 Å². The molecule has 3 aromatic rings. The molecule has 2 nitrogen and oxygen atoms in total. The van der Waals surface area contributed by atoms with Crippen molar-refractivity contribution in [2.75, 3.05) is 0 Å². The fraction of sp³-hybridized carbons (Fsp3) is 0. The third-order valence-corrected chi connectivity index (χ3v) is 4.92. The van der Waals surface area contributed by atoms with Gasteiger partial charge in [0.25, 0.3) is 0 Å². The van der Waals surface area contributed by atoms with Gasteiger partial charge >= 0.3 is 0 Å². The average molecular weight is 294 g/mol. The summed E-state index contributed by atoms with van der Waals surface area (Å²) in [6.07, 6.45) is 0. The van der Waals surface area contributed by atoms with Crippen molar-refractivity contribution in [2.24, 2.45) is 0 Å². The molecule has 0 saturated heterocycles. The third-order valence-electron chi connectivity index (χ3n) is 4.92. The smallest absolute Gasteiger partial charge is 0.245 e. The Bertz CT molecular complexity index is 942. The lowest BCUT2D eigenvalue weighted by Gasteiger charge is -2.32. The van der Waals surface area contributed by atoms with Gasteiger partial charge in [-0.05, 0) is 5.46 Å². The molecule has 0 unspecified atom stereocenters. The Morgan fingerprint density at radius 2 is 0.957 bits per heavy atom. The molecule has 0 spiro atoms. The number of carbonyl (C=O) groups excluding carboxylic acids is 2. The SMILES string of the molecule is O=C1c2ccccc2B2c3ccccc3C(=O)c3cccc1c32. The molecule has 0 aliphatic carbocycles. The van der Waals surface area contributed by atoms with Crippen molar-refractivity contribution in [2.45, 2.75) is 0 Å². The van der Waals surface area contributed by atoms with Crippen LogP contribution < -0.4 is 16.4 Å². The normalized spacial score (nSPS) is 14.2. The van der Waals surface area contributed by atoms with E-state index < -0.39 is 0 Å². The lowest BCUT2D eigenvalue weighted by molar-refractivity contribution is 0.103. The minimum Gasteiger partial charge on any atom is -0.289 e. The fourth-order valence-corrected chi connectivity index (χ4v) is 3.95. The number of ketones is 2. The zero-order valence-electron chi connectivity index (χ0n) is 12.2. The molecule has 0 bridgehead atoms. The molecular formula is C20H11BO2. The van der Waals surface area contributed by atoms with Gasteiger partial charge in [0.1, 0.15) is 0 Å². The Morgan fingerprint density at radius 3 is 1.48 bits per heavy atom. The molecule has 2 heterocycles. The highest BCUT2D eigenvalue weighted by Gasteiger charge is 2.42. The second kappa shape index (κ2) is 4.29. The third kappa shape index (κ3) is 1.49. The van der Waals surface area contributed by atoms with E-state index >= 15 is 0 Å². The molecule has 0 fully saturated rings. The summed E-state index contributed by atoms with van der Waals surface area (Å²) in [6, 6.07) is 21.0. The van der Waals surface area contributed by atoms with Crippen molar-refractivity contribution in [3.63, 3.8) is 0 Å². The van der Waals surface area contributed by atoms with E-state index in [1.54, 1.807) is 0 Å². The van der Waals surface area contributed by atoms with Crippen LogP contribution in [0.15, 0.2) is 66.7 Å². The van der Waals surface area contributed by atoms with Crippen LogP contribution in [0.4, 0.5) is 0 Å². The number of rotatable bonds is 0. The van der Waals surface area contributed by atoms with Crippen LogP contribution >= 0.6 is 0 Å². The van der Waals surface area contributed by atoms with Crippen molar-refractivity contribution >= 4 is 34.7 Å². The number of hydrogen-bond acceptors (Lipinski definition) is 2. The van der Waals surface area contributed by atoms with Gasteiger partial charge in [0.15, 0.2) is 11.6 Å². The largest absolute Gasteiger partial charge is 0.289 e. The van der Waals surface area contributed by atoms with E-state index in [1.807, 2.05) is 66.7 Å². The second-order valence-corrected chi connectivity index (χ2v) is 6.03. The molecule has 2 aliphatic heterocycles. The number of benzene rings is 3.